The first-order valence-corrected chi connectivity index (χ1v) is 10.5. The fourth-order valence-corrected chi connectivity index (χ4v) is 4.84. The molecule has 2 aromatic rings. The van der Waals surface area contributed by atoms with Crippen LogP contribution in [0.25, 0.3) is 0 Å². The minimum Gasteiger partial charge on any atom is -0.461 e. The van der Waals surface area contributed by atoms with Crippen molar-refractivity contribution in [3.8, 4) is 0 Å². The molecule has 4 nitrogen and oxygen atoms in total. The molecule has 0 aliphatic carbocycles. The maximum absolute atomic E-state index is 13.3. The van der Waals surface area contributed by atoms with Gasteiger partial charge in [-0.1, -0.05) is 60.2 Å². The van der Waals surface area contributed by atoms with Gasteiger partial charge in [0.05, 0.1) is 4.90 Å². The van der Waals surface area contributed by atoms with Gasteiger partial charge in [-0.05, 0) is 44.4 Å². The summed E-state index contributed by atoms with van der Waals surface area (Å²) in [5, 5.41) is -0.933. The highest BCUT2D eigenvalue weighted by Crippen LogP contribution is 2.25. The van der Waals surface area contributed by atoms with E-state index in [-0.39, 0.29) is 4.90 Å². The quantitative estimate of drug-likeness (QED) is 0.500. The van der Waals surface area contributed by atoms with Crippen molar-refractivity contribution < 1.29 is 17.9 Å². The zero-order valence-corrected chi connectivity index (χ0v) is 16.8. The van der Waals surface area contributed by atoms with Crippen molar-refractivity contribution in [2.45, 2.75) is 49.9 Å². The number of aryl methyl sites for hydroxylation is 1. The van der Waals surface area contributed by atoms with E-state index in [4.69, 9.17) is 4.74 Å². The first-order valence-electron chi connectivity index (χ1n) is 8.96. The third kappa shape index (κ3) is 6.07. The molecular weight excluding hydrogens is 360 g/mol. The van der Waals surface area contributed by atoms with Gasteiger partial charge in [-0.3, -0.25) is 4.79 Å². The molecule has 0 heterocycles. The molecule has 0 aromatic heterocycles. The third-order valence-electron chi connectivity index (χ3n) is 4.17. The van der Waals surface area contributed by atoms with E-state index in [1.807, 2.05) is 44.2 Å². The van der Waals surface area contributed by atoms with Crippen molar-refractivity contribution in [2.75, 3.05) is 0 Å². The molecule has 0 spiro atoms. The van der Waals surface area contributed by atoms with E-state index < -0.39 is 27.2 Å². The lowest BCUT2D eigenvalue weighted by Gasteiger charge is -2.25. The lowest BCUT2D eigenvalue weighted by Crippen LogP contribution is -2.36. The summed E-state index contributed by atoms with van der Waals surface area (Å²) in [5.74, 6) is -0.483. The van der Waals surface area contributed by atoms with Gasteiger partial charge >= 0.3 is 5.97 Å². The fraction of sp³-hybridized carbons (Fsp3) is 0.318. The highest BCUT2D eigenvalue weighted by atomic mass is 32.2. The van der Waals surface area contributed by atoms with Crippen LogP contribution in [0.5, 0.6) is 0 Å². The summed E-state index contributed by atoms with van der Waals surface area (Å²) in [7, 11) is -3.70. The molecule has 0 saturated carbocycles. The first kappa shape index (κ1) is 20.9. The van der Waals surface area contributed by atoms with Gasteiger partial charge in [-0.2, -0.15) is 0 Å². The Morgan fingerprint density at radius 1 is 0.963 bits per heavy atom. The molecule has 5 heteroatoms. The molecule has 0 saturated heterocycles. The zero-order chi connectivity index (χ0) is 19.9. The number of sulfone groups is 1. The Morgan fingerprint density at radius 2 is 1.52 bits per heavy atom. The number of rotatable bonds is 8. The van der Waals surface area contributed by atoms with Gasteiger partial charge in [0.15, 0.2) is 9.84 Å². The van der Waals surface area contributed by atoms with Gasteiger partial charge in [-0.15, -0.1) is 0 Å². The van der Waals surface area contributed by atoms with Crippen LogP contribution in [-0.4, -0.2) is 25.7 Å². The number of carbonyl (C=O) groups excluding carboxylic acids is 1. The summed E-state index contributed by atoms with van der Waals surface area (Å²) in [6.07, 6.45) is 1.96. The number of allylic oxidation sites excluding steroid dienone is 1. The van der Waals surface area contributed by atoms with E-state index >= 15 is 0 Å². The van der Waals surface area contributed by atoms with E-state index in [1.165, 1.54) is 6.92 Å². The summed E-state index contributed by atoms with van der Waals surface area (Å²) in [6, 6.07) is 18.1. The lowest BCUT2D eigenvalue weighted by molar-refractivity contribution is -0.146. The first-order chi connectivity index (χ1) is 12.8. The number of carbonyl (C=O) groups is 1. The van der Waals surface area contributed by atoms with Crippen LogP contribution in [0.4, 0.5) is 0 Å². The smallest absolute Gasteiger partial charge is 0.302 e. The third-order valence-corrected chi connectivity index (χ3v) is 6.26. The average Bonchev–Trinajstić information content (AvgIpc) is 2.64. The van der Waals surface area contributed by atoms with Crippen molar-refractivity contribution in [3.05, 3.63) is 77.9 Å². The highest BCUT2D eigenvalue weighted by Gasteiger charge is 2.35. The molecule has 0 radical (unpaired) electrons. The van der Waals surface area contributed by atoms with E-state index in [0.29, 0.717) is 12.8 Å². The van der Waals surface area contributed by atoms with Gasteiger partial charge in [0.25, 0.3) is 0 Å². The molecule has 0 N–H and O–H groups in total. The standard InChI is InChI=1S/C22H26O4S/c1-17(2)16-22(27(24,25)20-12-8-5-9-13-20)21(26-18(3)23)15-14-19-10-6-4-7-11-19/h4-13,16,21-22H,14-15H2,1-3H3. The van der Waals surface area contributed by atoms with E-state index in [9.17, 15) is 13.2 Å². The second-order valence-corrected chi connectivity index (χ2v) is 8.84. The zero-order valence-electron chi connectivity index (χ0n) is 16.0. The molecular formula is C22H26O4S. The second kappa shape index (κ2) is 9.51. The van der Waals surface area contributed by atoms with Crippen LogP contribution in [0.2, 0.25) is 0 Å². The normalized spacial score (nSPS) is 13.4. The molecule has 0 aliphatic heterocycles. The number of esters is 1. The lowest BCUT2D eigenvalue weighted by atomic mass is 10.0. The summed E-state index contributed by atoms with van der Waals surface area (Å²) in [6.45, 7) is 5.00. The molecule has 2 unspecified atom stereocenters. The van der Waals surface area contributed by atoms with E-state index in [2.05, 4.69) is 0 Å². The second-order valence-electron chi connectivity index (χ2n) is 6.74. The maximum Gasteiger partial charge on any atom is 0.302 e. The molecule has 0 bridgehead atoms. The Bertz CT molecular complexity index is 867. The van der Waals surface area contributed by atoms with Gasteiger partial charge in [0.2, 0.25) is 0 Å². The Kier molecular flexibility index (Phi) is 7.36. The largest absolute Gasteiger partial charge is 0.461 e. The molecule has 2 atom stereocenters. The molecule has 27 heavy (non-hydrogen) atoms. The molecule has 0 aliphatic rings. The molecule has 0 amide bonds. The Balaban J connectivity index is 2.38. The maximum atomic E-state index is 13.3. The number of ether oxygens (including phenoxy) is 1. The summed E-state index contributed by atoms with van der Waals surface area (Å²) < 4.78 is 32.0. The summed E-state index contributed by atoms with van der Waals surface area (Å²) in [5.41, 5.74) is 1.93. The fourth-order valence-electron chi connectivity index (χ4n) is 2.95. The Labute approximate surface area is 161 Å². The predicted octanol–water partition coefficient (Wildman–Crippen LogP) is 4.36. The average molecular weight is 387 g/mol. The summed E-state index contributed by atoms with van der Waals surface area (Å²) >= 11 is 0. The van der Waals surface area contributed by atoms with Crippen LogP contribution in [0.1, 0.15) is 32.8 Å². The van der Waals surface area contributed by atoms with Crippen LogP contribution < -0.4 is 0 Å². The van der Waals surface area contributed by atoms with Crippen molar-refractivity contribution in [2.24, 2.45) is 0 Å². The Hall–Kier alpha value is -2.40. The molecule has 2 aromatic carbocycles. The highest BCUT2D eigenvalue weighted by molar-refractivity contribution is 7.92. The summed E-state index contributed by atoms with van der Waals surface area (Å²) in [4.78, 5) is 11.9. The molecule has 2 rings (SSSR count). The minimum atomic E-state index is -3.70. The number of hydrogen-bond donors (Lipinski definition) is 0. The monoisotopic (exact) mass is 386 g/mol. The van der Waals surface area contributed by atoms with Crippen LogP contribution in [-0.2, 0) is 25.8 Å². The minimum absolute atomic E-state index is 0.226. The SMILES string of the molecule is CC(=O)OC(CCc1ccccc1)C(C=C(C)C)S(=O)(=O)c1ccccc1. The van der Waals surface area contributed by atoms with Gasteiger partial charge < -0.3 is 4.74 Å². The van der Waals surface area contributed by atoms with Crippen molar-refractivity contribution in [1.82, 2.24) is 0 Å². The number of hydrogen-bond acceptors (Lipinski definition) is 4. The van der Waals surface area contributed by atoms with Crippen LogP contribution in [0, 0.1) is 0 Å². The topological polar surface area (TPSA) is 60.4 Å². The van der Waals surface area contributed by atoms with E-state index in [1.54, 1.807) is 36.4 Å². The van der Waals surface area contributed by atoms with Gasteiger partial charge in [-0.25, -0.2) is 8.42 Å². The van der Waals surface area contributed by atoms with Crippen molar-refractivity contribution in [1.29, 1.82) is 0 Å². The van der Waals surface area contributed by atoms with Crippen molar-refractivity contribution >= 4 is 15.8 Å². The van der Waals surface area contributed by atoms with Crippen LogP contribution >= 0.6 is 0 Å². The van der Waals surface area contributed by atoms with Gasteiger partial charge in [0, 0.05) is 6.92 Å². The van der Waals surface area contributed by atoms with Gasteiger partial charge in [0.1, 0.15) is 11.4 Å². The molecule has 0 fully saturated rings. The Morgan fingerprint density at radius 3 is 2.04 bits per heavy atom. The van der Waals surface area contributed by atoms with Crippen molar-refractivity contribution in [3.63, 3.8) is 0 Å². The number of benzene rings is 2. The van der Waals surface area contributed by atoms with Crippen LogP contribution in [0.3, 0.4) is 0 Å². The van der Waals surface area contributed by atoms with Crippen LogP contribution in [0.15, 0.2) is 77.2 Å². The predicted molar refractivity (Wildman–Crippen MR) is 107 cm³/mol. The molecule has 144 valence electrons. The van der Waals surface area contributed by atoms with E-state index in [0.717, 1.165) is 11.1 Å².